The van der Waals surface area contributed by atoms with Crippen LogP contribution >= 0.6 is 0 Å². The molecule has 0 bridgehead atoms. The first-order chi connectivity index (χ1) is 11.0. The molecule has 0 atom stereocenters. The fourth-order valence-corrected chi connectivity index (χ4v) is 3.67. The lowest BCUT2D eigenvalue weighted by molar-refractivity contribution is 0.0892. The van der Waals surface area contributed by atoms with Crippen LogP contribution in [0.1, 0.15) is 56.8 Å². The third-order valence-electron chi connectivity index (χ3n) is 5.19. The smallest absolute Gasteiger partial charge is 0.150 e. The van der Waals surface area contributed by atoms with E-state index in [0.29, 0.717) is 17.1 Å². The molecular weight excluding hydrogens is 284 g/mol. The Bertz CT molecular complexity index is 689. The molecule has 0 saturated heterocycles. The van der Waals surface area contributed by atoms with E-state index in [4.69, 9.17) is 4.74 Å². The Balaban J connectivity index is 1.74. The lowest BCUT2D eigenvalue weighted by Crippen LogP contribution is -2.30. The van der Waals surface area contributed by atoms with Crippen LogP contribution in [0.4, 0.5) is 0 Å². The van der Waals surface area contributed by atoms with Crippen LogP contribution in [0.25, 0.3) is 10.8 Å². The van der Waals surface area contributed by atoms with Gasteiger partial charge in [0.05, 0.1) is 6.10 Å². The molecule has 0 heterocycles. The van der Waals surface area contributed by atoms with Gasteiger partial charge in [0, 0.05) is 10.9 Å². The maximum atomic E-state index is 10.9. The topological polar surface area (TPSA) is 26.3 Å². The van der Waals surface area contributed by atoms with Crippen molar-refractivity contribution in [3.05, 3.63) is 42.0 Å². The van der Waals surface area contributed by atoms with Crippen LogP contribution in [0, 0.1) is 11.3 Å². The maximum absolute atomic E-state index is 10.9. The number of rotatable bonds is 3. The summed E-state index contributed by atoms with van der Waals surface area (Å²) in [5.41, 5.74) is 1.11. The molecule has 0 aliphatic heterocycles. The van der Waals surface area contributed by atoms with Crippen LogP contribution in [0.3, 0.4) is 0 Å². The highest BCUT2D eigenvalue weighted by Crippen LogP contribution is 2.39. The fraction of sp³-hybridized carbons (Fsp3) is 0.476. The van der Waals surface area contributed by atoms with Gasteiger partial charge in [-0.3, -0.25) is 4.79 Å². The molecule has 2 aromatic rings. The van der Waals surface area contributed by atoms with Gasteiger partial charge in [0.2, 0.25) is 0 Å². The molecule has 2 aromatic carbocycles. The minimum absolute atomic E-state index is 0.310. The van der Waals surface area contributed by atoms with Gasteiger partial charge < -0.3 is 4.74 Å². The predicted octanol–water partition coefficient (Wildman–Crippen LogP) is 5.64. The van der Waals surface area contributed by atoms with E-state index in [9.17, 15) is 4.79 Å². The zero-order valence-electron chi connectivity index (χ0n) is 14.3. The number of ether oxygens (including phenoxy) is 1. The molecule has 2 heteroatoms. The van der Waals surface area contributed by atoms with Gasteiger partial charge in [-0.1, -0.05) is 39.0 Å². The molecule has 3 rings (SSSR count). The first-order valence-electron chi connectivity index (χ1n) is 8.62. The van der Waals surface area contributed by atoms with Crippen molar-refractivity contribution in [2.75, 3.05) is 0 Å². The van der Waals surface area contributed by atoms with Crippen LogP contribution in [0.15, 0.2) is 36.4 Å². The molecule has 0 N–H and O–H groups in total. The molecule has 1 aliphatic carbocycles. The second-order valence-corrected chi connectivity index (χ2v) is 7.81. The van der Waals surface area contributed by atoms with Gasteiger partial charge in [-0.25, -0.2) is 0 Å². The summed E-state index contributed by atoms with van der Waals surface area (Å²) in [5.74, 6) is 1.74. The summed E-state index contributed by atoms with van der Waals surface area (Å²) < 4.78 is 6.31. The maximum Gasteiger partial charge on any atom is 0.150 e. The Morgan fingerprint density at radius 3 is 2.43 bits per heavy atom. The van der Waals surface area contributed by atoms with Crippen molar-refractivity contribution in [1.29, 1.82) is 0 Å². The van der Waals surface area contributed by atoms with Crippen molar-refractivity contribution < 1.29 is 9.53 Å². The quantitative estimate of drug-likeness (QED) is 0.686. The summed E-state index contributed by atoms with van der Waals surface area (Å²) in [6.07, 6.45) is 5.95. The van der Waals surface area contributed by atoms with Crippen molar-refractivity contribution >= 4 is 17.1 Å². The molecule has 0 aromatic heterocycles. The number of fused-ring (bicyclic) bond motifs is 1. The Morgan fingerprint density at radius 2 is 1.78 bits per heavy atom. The number of benzene rings is 2. The lowest BCUT2D eigenvalue weighted by Gasteiger charge is -2.37. The van der Waals surface area contributed by atoms with Gasteiger partial charge in [-0.05, 0) is 60.6 Å². The van der Waals surface area contributed by atoms with E-state index < -0.39 is 0 Å². The monoisotopic (exact) mass is 310 g/mol. The molecule has 1 aliphatic rings. The van der Waals surface area contributed by atoms with Crippen LogP contribution in [0.2, 0.25) is 0 Å². The Hall–Kier alpha value is -1.83. The van der Waals surface area contributed by atoms with Gasteiger partial charge >= 0.3 is 0 Å². The summed E-state index contributed by atoms with van der Waals surface area (Å²) in [6, 6.07) is 11.9. The molecule has 122 valence electrons. The number of carbonyl (C=O) groups is 1. The summed E-state index contributed by atoms with van der Waals surface area (Å²) in [7, 11) is 0. The Morgan fingerprint density at radius 1 is 1.04 bits per heavy atom. The third-order valence-corrected chi connectivity index (χ3v) is 5.19. The van der Waals surface area contributed by atoms with Gasteiger partial charge in [-0.15, -0.1) is 0 Å². The van der Waals surface area contributed by atoms with E-state index in [0.717, 1.165) is 41.6 Å². The van der Waals surface area contributed by atoms with Crippen LogP contribution in [-0.2, 0) is 0 Å². The summed E-state index contributed by atoms with van der Waals surface area (Å²) in [5, 5.41) is 2.16. The zero-order chi connectivity index (χ0) is 16.4. The third kappa shape index (κ3) is 3.57. The van der Waals surface area contributed by atoms with E-state index in [2.05, 4.69) is 20.8 Å². The minimum atomic E-state index is 0.310. The molecule has 0 amide bonds. The molecule has 1 fully saturated rings. The molecule has 23 heavy (non-hydrogen) atoms. The van der Waals surface area contributed by atoms with Gasteiger partial charge in [0.25, 0.3) is 0 Å². The highest BCUT2D eigenvalue weighted by molar-refractivity contribution is 5.92. The molecule has 0 unspecified atom stereocenters. The highest BCUT2D eigenvalue weighted by atomic mass is 16.5. The Labute approximate surface area is 138 Å². The number of hydrogen-bond donors (Lipinski definition) is 0. The van der Waals surface area contributed by atoms with Crippen molar-refractivity contribution in [1.82, 2.24) is 0 Å². The number of aldehydes is 1. The van der Waals surface area contributed by atoms with E-state index >= 15 is 0 Å². The average molecular weight is 310 g/mol. The summed E-state index contributed by atoms with van der Waals surface area (Å²) in [6.45, 7) is 7.02. The van der Waals surface area contributed by atoms with E-state index in [1.165, 1.54) is 12.8 Å². The van der Waals surface area contributed by atoms with E-state index in [-0.39, 0.29) is 0 Å². The van der Waals surface area contributed by atoms with Gasteiger partial charge in [-0.2, -0.15) is 0 Å². The lowest BCUT2D eigenvalue weighted by atomic mass is 9.72. The van der Waals surface area contributed by atoms with Gasteiger partial charge in [0.1, 0.15) is 12.0 Å². The summed E-state index contributed by atoms with van der Waals surface area (Å²) in [4.78, 5) is 10.9. The highest BCUT2D eigenvalue weighted by Gasteiger charge is 2.30. The standard InChI is InChI=1S/C21H26O2/c1-21(2,3)17-8-10-18(11-9-17)23-20-6-4-5-16-13-15(14-22)7-12-19(16)20/h4-7,12-14,17-18H,8-11H2,1-3H3. The van der Waals surface area contributed by atoms with Crippen molar-refractivity contribution in [3.8, 4) is 5.75 Å². The van der Waals surface area contributed by atoms with Crippen molar-refractivity contribution in [2.45, 2.75) is 52.6 Å². The zero-order valence-corrected chi connectivity index (χ0v) is 14.3. The van der Waals surface area contributed by atoms with Crippen LogP contribution in [-0.4, -0.2) is 12.4 Å². The second kappa shape index (κ2) is 6.35. The SMILES string of the molecule is CC(C)(C)C1CCC(Oc2cccc3cc(C=O)ccc23)CC1. The van der Waals surface area contributed by atoms with Crippen molar-refractivity contribution in [2.24, 2.45) is 11.3 Å². The minimum Gasteiger partial charge on any atom is -0.490 e. The number of hydrogen-bond acceptors (Lipinski definition) is 2. The normalized spacial score (nSPS) is 22.0. The van der Waals surface area contributed by atoms with Crippen molar-refractivity contribution in [3.63, 3.8) is 0 Å². The van der Waals surface area contributed by atoms with Crippen LogP contribution in [0.5, 0.6) is 5.75 Å². The Kier molecular flexibility index (Phi) is 4.43. The van der Waals surface area contributed by atoms with E-state index in [1.807, 2.05) is 36.4 Å². The summed E-state index contributed by atoms with van der Waals surface area (Å²) >= 11 is 0. The predicted molar refractivity (Wildman–Crippen MR) is 95.2 cm³/mol. The molecule has 0 spiro atoms. The largest absolute Gasteiger partial charge is 0.490 e. The first kappa shape index (κ1) is 16.0. The second-order valence-electron chi connectivity index (χ2n) is 7.81. The average Bonchev–Trinajstić information content (AvgIpc) is 2.54. The molecule has 1 saturated carbocycles. The number of carbonyl (C=O) groups excluding carboxylic acids is 1. The first-order valence-corrected chi connectivity index (χ1v) is 8.62. The molecule has 0 radical (unpaired) electrons. The fourth-order valence-electron chi connectivity index (χ4n) is 3.67. The van der Waals surface area contributed by atoms with E-state index in [1.54, 1.807) is 0 Å². The van der Waals surface area contributed by atoms with Crippen LogP contribution < -0.4 is 4.74 Å². The van der Waals surface area contributed by atoms with Gasteiger partial charge in [0.15, 0.2) is 0 Å². The molecular formula is C21H26O2. The molecule has 2 nitrogen and oxygen atoms in total.